The van der Waals surface area contributed by atoms with Crippen LogP contribution in [0, 0.1) is 19.3 Å². The molecule has 4 aliphatic rings. The third kappa shape index (κ3) is 7.41. The first-order valence-corrected chi connectivity index (χ1v) is 18.9. The van der Waals surface area contributed by atoms with Crippen LogP contribution < -0.4 is 15.5 Å². The van der Waals surface area contributed by atoms with E-state index < -0.39 is 11.4 Å². The van der Waals surface area contributed by atoms with Crippen LogP contribution in [-0.2, 0) is 6.42 Å². The first-order chi connectivity index (χ1) is 24.4. The molecule has 0 aromatic heterocycles. The lowest BCUT2D eigenvalue weighted by molar-refractivity contribution is 0.0112. The molecular formula is C42H59F2N7. The van der Waals surface area contributed by atoms with Gasteiger partial charge in [-0.3, -0.25) is 4.90 Å². The van der Waals surface area contributed by atoms with Crippen molar-refractivity contribution in [3.8, 4) is 0 Å². The van der Waals surface area contributed by atoms with Crippen molar-refractivity contribution in [3.05, 3.63) is 88.7 Å². The number of hydrogen-bond acceptors (Lipinski definition) is 7. The minimum absolute atomic E-state index is 0.284. The molecule has 2 aromatic rings. The molecule has 0 amide bonds. The van der Waals surface area contributed by atoms with Gasteiger partial charge in [0.1, 0.15) is 30.8 Å². The Kier molecular flexibility index (Phi) is 10.9. The molecule has 3 fully saturated rings. The lowest BCUT2D eigenvalue weighted by atomic mass is 9.70. The number of aryl methyl sites for hydroxylation is 2. The molecule has 6 rings (SSSR count). The van der Waals surface area contributed by atoms with Gasteiger partial charge in [-0.15, -0.1) is 0 Å². The Morgan fingerprint density at radius 3 is 2.39 bits per heavy atom. The van der Waals surface area contributed by atoms with Crippen molar-refractivity contribution in [2.24, 2.45) is 10.4 Å². The predicted molar refractivity (Wildman–Crippen MR) is 210 cm³/mol. The summed E-state index contributed by atoms with van der Waals surface area (Å²) in [4.78, 5) is 14.4. The van der Waals surface area contributed by atoms with Gasteiger partial charge in [-0.1, -0.05) is 31.7 Å². The summed E-state index contributed by atoms with van der Waals surface area (Å²) in [5.74, 6) is 1.50. The van der Waals surface area contributed by atoms with Crippen LogP contribution in [0.2, 0.25) is 0 Å². The second kappa shape index (κ2) is 15.0. The number of allylic oxidation sites excluding steroid dienone is 2. The lowest BCUT2D eigenvalue weighted by Gasteiger charge is -2.50. The van der Waals surface area contributed by atoms with Gasteiger partial charge in [0.05, 0.1) is 6.04 Å². The smallest absolute Gasteiger partial charge is 0.130 e. The topological polar surface area (TPSA) is 49.4 Å². The first kappa shape index (κ1) is 36.9. The fourth-order valence-corrected chi connectivity index (χ4v) is 8.53. The van der Waals surface area contributed by atoms with Crippen LogP contribution in [-0.4, -0.2) is 86.2 Å². The van der Waals surface area contributed by atoms with E-state index in [4.69, 9.17) is 4.99 Å². The molecule has 0 unspecified atom stereocenters. The van der Waals surface area contributed by atoms with Gasteiger partial charge in [-0.05, 0) is 119 Å². The predicted octanol–water partition coefficient (Wildman–Crippen LogP) is 8.34. The number of amidine groups is 1. The second-order valence-electron chi connectivity index (χ2n) is 15.8. The summed E-state index contributed by atoms with van der Waals surface area (Å²) in [7, 11) is 3.90. The summed E-state index contributed by atoms with van der Waals surface area (Å²) in [6.45, 7) is 19.3. The number of alkyl halides is 1. The normalized spacial score (nSPS) is 21.3. The highest BCUT2D eigenvalue weighted by molar-refractivity contribution is 6.05. The molecule has 7 nitrogen and oxygen atoms in total. The Morgan fingerprint density at radius 2 is 1.78 bits per heavy atom. The number of anilines is 2. The summed E-state index contributed by atoms with van der Waals surface area (Å²) in [5.41, 5.74) is 8.39. The van der Waals surface area contributed by atoms with E-state index in [1.54, 1.807) is 13.2 Å². The molecule has 1 atom stereocenters. The SMILES string of the molecule is C=C(F)/C(=C\NC)c1cc(NC2=NCN(C)C(N3CC[C@@H]3c3cccc(C)c3C)=C2)c(CC)cc1N1CCC2(CC1)CCN(C(C)(C)CF)CC2. The van der Waals surface area contributed by atoms with E-state index in [9.17, 15) is 4.39 Å². The average Bonchev–Trinajstić information content (AvgIpc) is 3.10. The van der Waals surface area contributed by atoms with Crippen molar-refractivity contribution in [1.82, 2.24) is 20.0 Å². The van der Waals surface area contributed by atoms with Gasteiger partial charge in [0.25, 0.3) is 0 Å². The minimum atomic E-state index is -0.466. The van der Waals surface area contributed by atoms with Gasteiger partial charge in [-0.2, -0.15) is 0 Å². The van der Waals surface area contributed by atoms with Crippen LogP contribution in [0.1, 0.15) is 86.7 Å². The number of likely N-dealkylation sites (tertiary alicyclic amines) is 2. The van der Waals surface area contributed by atoms with Crippen LogP contribution in [0.3, 0.4) is 0 Å². The molecular weight excluding hydrogens is 641 g/mol. The van der Waals surface area contributed by atoms with E-state index in [1.165, 1.54) is 16.7 Å². The standard InChI is InChI=1S/C42H59F2N7/c1-9-32-23-38(49-19-14-42(15-20-49)16-21-50(22-17-42)41(5,6)27-43)34(35(26-45-7)31(4)44)24-36(32)47-39-25-40(48(8)28-46-39)51-18-13-37(51)33-12-10-11-29(2)30(33)3/h10-12,23-26,37,45H,4,9,13-22,27-28H2,1-3,5-8H3,(H,46,47)/b35-26+/t37-/m1/s1. The quantitative estimate of drug-likeness (QED) is 0.243. The molecule has 276 valence electrons. The summed E-state index contributed by atoms with van der Waals surface area (Å²) < 4.78 is 29.0. The molecule has 4 aliphatic heterocycles. The van der Waals surface area contributed by atoms with Crippen molar-refractivity contribution in [2.45, 2.75) is 84.7 Å². The Bertz CT molecular complexity index is 1690. The zero-order valence-electron chi connectivity index (χ0n) is 32.0. The van der Waals surface area contributed by atoms with Crippen LogP contribution in [0.4, 0.5) is 20.2 Å². The number of nitrogens with zero attached hydrogens (tertiary/aromatic N) is 5. The van der Waals surface area contributed by atoms with Crippen LogP contribution in [0.15, 0.2) is 65.8 Å². The van der Waals surface area contributed by atoms with Crippen molar-refractivity contribution in [2.75, 3.05) is 70.4 Å². The molecule has 1 spiro atoms. The maximum absolute atomic E-state index is 15.2. The van der Waals surface area contributed by atoms with E-state index in [1.807, 2.05) is 13.8 Å². The molecule has 0 saturated carbocycles. The zero-order chi connectivity index (χ0) is 36.5. The highest BCUT2D eigenvalue weighted by atomic mass is 19.1. The lowest BCUT2D eigenvalue weighted by Crippen LogP contribution is -2.53. The second-order valence-corrected chi connectivity index (χ2v) is 15.8. The Labute approximate surface area is 305 Å². The van der Waals surface area contributed by atoms with Gasteiger partial charge in [0, 0.05) is 74.1 Å². The number of rotatable bonds is 10. The largest absolute Gasteiger partial charge is 0.393 e. The van der Waals surface area contributed by atoms with Gasteiger partial charge in [0.2, 0.25) is 0 Å². The molecule has 2 aromatic carbocycles. The zero-order valence-corrected chi connectivity index (χ0v) is 32.0. The molecule has 9 heteroatoms. The number of nitrogens with one attached hydrogen (secondary N) is 2. The molecule has 0 bridgehead atoms. The van der Waals surface area contributed by atoms with Crippen molar-refractivity contribution in [1.29, 1.82) is 0 Å². The minimum Gasteiger partial charge on any atom is -0.393 e. The fourth-order valence-electron chi connectivity index (χ4n) is 8.53. The van der Waals surface area contributed by atoms with E-state index in [-0.39, 0.29) is 12.1 Å². The van der Waals surface area contributed by atoms with Gasteiger partial charge < -0.3 is 25.3 Å². The Morgan fingerprint density at radius 1 is 1.08 bits per heavy atom. The van der Waals surface area contributed by atoms with Crippen LogP contribution >= 0.6 is 0 Å². The maximum atomic E-state index is 15.2. The van der Waals surface area contributed by atoms with Crippen molar-refractivity contribution >= 4 is 22.8 Å². The molecule has 51 heavy (non-hydrogen) atoms. The van der Waals surface area contributed by atoms with E-state index in [0.29, 0.717) is 18.3 Å². The molecule has 0 aliphatic carbocycles. The van der Waals surface area contributed by atoms with Crippen molar-refractivity contribution in [3.63, 3.8) is 0 Å². The summed E-state index contributed by atoms with van der Waals surface area (Å²) in [6, 6.07) is 11.3. The van der Waals surface area contributed by atoms with Gasteiger partial charge >= 0.3 is 0 Å². The third-order valence-corrected chi connectivity index (χ3v) is 12.3. The van der Waals surface area contributed by atoms with Gasteiger partial charge in [-0.25, -0.2) is 13.8 Å². The first-order valence-electron chi connectivity index (χ1n) is 18.9. The summed E-state index contributed by atoms with van der Waals surface area (Å²) in [6.07, 6.45) is 10.2. The van der Waals surface area contributed by atoms with E-state index in [0.717, 1.165) is 105 Å². The summed E-state index contributed by atoms with van der Waals surface area (Å²) >= 11 is 0. The van der Waals surface area contributed by atoms with Crippen LogP contribution in [0.25, 0.3) is 5.57 Å². The number of hydrogen-bond donors (Lipinski definition) is 2. The Balaban J connectivity index is 1.26. The monoisotopic (exact) mass is 699 g/mol. The third-order valence-electron chi connectivity index (χ3n) is 12.3. The summed E-state index contributed by atoms with van der Waals surface area (Å²) in [5, 5.41) is 6.73. The fraction of sp³-hybridized carbons (Fsp3) is 0.548. The van der Waals surface area contributed by atoms with Crippen molar-refractivity contribution < 1.29 is 8.78 Å². The number of benzene rings is 2. The molecule has 0 radical (unpaired) electrons. The average molecular weight is 700 g/mol. The van der Waals surface area contributed by atoms with E-state index in [2.05, 4.69) is 101 Å². The molecule has 3 saturated heterocycles. The number of halogens is 2. The highest BCUT2D eigenvalue weighted by Crippen LogP contribution is 2.46. The van der Waals surface area contributed by atoms with E-state index >= 15 is 4.39 Å². The Hall–Kier alpha value is -3.85. The van der Waals surface area contributed by atoms with Crippen LogP contribution in [0.5, 0.6) is 0 Å². The highest BCUT2D eigenvalue weighted by Gasteiger charge is 2.41. The van der Waals surface area contributed by atoms with Gasteiger partial charge in [0.15, 0.2) is 0 Å². The maximum Gasteiger partial charge on any atom is 0.130 e. The molecule has 2 N–H and O–H groups in total. The molecule has 4 heterocycles. The number of piperidine rings is 2. The number of aliphatic imine (C=N–C) groups is 1.